The third-order valence-electron chi connectivity index (χ3n) is 2.95. The van der Waals surface area contributed by atoms with Gasteiger partial charge in [0.2, 0.25) is 0 Å². The average Bonchev–Trinajstić information content (AvgIpc) is 2.81. The molecule has 0 aliphatic rings. The van der Waals surface area contributed by atoms with Crippen molar-refractivity contribution in [2.24, 2.45) is 0 Å². The van der Waals surface area contributed by atoms with Gasteiger partial charge in [0, 0.05) is 14.9 Å². The normalized spacial score (nSPS) is 12.8. The molecule has 4 heteroatoms. The van der Waals surface area contributed by atoms with Gasteiger partial charge in [-0.05, 0) is 42.0 Å². The molecule has 0 radical (unpaired) electrons. The molecule has 19 heavy (non-hydrogen) atoms. The molecule has 1 atom stereocenters. The highest BCUT2D eigenvalue weighted by Gasteiger charge is 2.15. The second-order valence-corrected chi connectivity index (χ2v) is 5.64. The van der Waals surface area contributed by atoms with Crippen LogP contribution in [-0.4, -0.2) is 5.11 Å². The fourth-order valence-electron chi connectivity index (χ4n) is 1.98. The number of halogens is 2. The van der Waals surface area contributed by atoms with Gasteiger partial charge in [-0.25, -0.2) is 0 Å². The number of fused-ring (bicyclic) bond motifs is 1. The molecule has 0 amide bonds. The van der Waals surface area contributed by atoms with E-state index < -0.39 is 6.10 Å². The number of benzene rings is 2. The Kier molecular flexibility index (Phi) is 3.35. The van der Waals surface area contributed by atoms with Crippen LogP contribution in [0.2, 0.25) is 5.02 Å². The van der Waals surface area contributed by atoms with Crippen molar-refractivity contribution in [3.8, 4) is 0 Å². The van der Waals surface area contributed by atoms with E-state index in [4.69, 9.17) is 16.0 Å². The maximum atomic E-state index is 10.3. The van der Waals surface area contributed by atoms with E-state index in [9.17, 15) is 5.11 Å². The zero-order valence-electron chi connectivity index (χ0n) is 9.81. The molecule has 3 aromatic rings. The van der Waals surface area contributed by atoms with E-state index in [0.29, 0.717) is 10.8 Å². The summed E-state index contributed by atoms with van der Waals surface area (Å²) in [6.07, 6.45) is -0.788. The SMILES string of the molecule is OC(c1ccc(Cl)cc1)c1cc2cc(Br)ccc2o1. The molecule has 0 bridgehead atoms. The summed E-state index contributed by atoms with van der Waals surface area (Å²) in [5.74, 6) is 0.524. The smallest absolute Gasteiger partial charge is 0.138 e. The predicted octanol–water partition coefficient (Wildman–Crippen LogP) is 4.93. The number of aliphatic hydroxyl groups excluding tert-OH is 1. The summed E-state index contributed by atoms with van der Waals surface area (Å²) in [5, 5.41) is 11.9. The van der Waals surface area contributed by atoms with Crippen molar-refractivity contribution in [1.29, 1.82) is 0 Å². The highest BCUT2D eigenvalue weighted by molar-refractivity contribution is 9.10. The van der Waals surface area contributed by atoms with Crippen molar-refractivity contribution in [2.45, 2.75) is 6.10 Å². The van der Waals surface area contributed by atoms with E-state index >= 15 is 0 Å². The second-order valence-electron chi connectivity index (χ2n) is 4.29. The van der Waals surface area contributed by atoms with Gasteiger partial charge < -0.3 is 9.52 Å². The van der Waals surface area contributed by atoms with Crippen molar-refractivity contribution in [3.63, 3.8) is 0 Å². The molecule has 1 N–H and O–H groups in total. The first kappa shape index (κ1) is 12.7. The summed E-state index contributed by atoms with van der Waals surface area (Å²) >= 11 is 9.25. The first-order chi connectivity index (χ1) is 9.13. The molecule has 0 aliphatic heterocycles. The van der Waals surface area contributed by atoms with E-state index in [1.807, 2.05) is 24.3 Å². The highest BCUT2D eigenvalue weighted by atomic mass is 79.9. The van der Waals surface area contributed by atoms with Crippen LogP contribution in [0.25, 0.3) is 11.0 Å². The monoisotopic (exact) mass is 336 g/mol. The fraction of sp³-hybridized carbons (Fsp3) is 0.0667. The Hall–Kier alpha value is -1.29. The molecule has 1 aromatic heterocycles. The highest BCUT2D eigenvalue weighted by Crippen LogP contribution is 2.30. The molecule has 0 fully saturated rings. The molecule has 0 saturated carbocycles. The van der Waals surface area contributed by atoms with E-state index in [2.05, 4.69) is 15.9 Å². The summed E-state index contributed by atoms with van der Waals surface area (Å²) in [6, 6.07) is 14.7. The number of hydrogen-bond acceptors (Lipinski definition) is 2. The molecule has 0 saturated heterocycles. The maximum absolute atomic E-state index is 10.3. The van der Waals surface area contributed by atoms with Gasteiger partial charge in [0.15, 0.2) is 0 Å². The van der Waals surface area contributed by atoms with Gasteiger partial charge >= 0.3 is 0 Å². The number of aliphatic hydroxyl groups is 1. The quantitative estimate of drug-likeness (QED) is 0.719. The molecule has 2 aromatic carbocycles. The standard InChI is InChI=1S/C15H10BrClO2/c16-11-3-6-13-10(7-11)8-14(19-13)15(18)9-1-4-12(17)5-2-9/h1-8,15,18H. The van der Waals surface area contributed by atoms with Crippen LogP contribution in [0.4, 0.5) is 0 Å². The van der Waals surface area contributed by atoms with E-state index in [1.54, 1.807) is 24.3 Å². The molecule has 0 aliphatic carbocycles. The van der Waals surface area contributed by atoms with Crippen LogP contribution < -0.4 is 0 Å². The van der Waals surface area contributed by atoms with Crippen LogP contribution in [0.1, 0.15) is 17.4 Å². The molecular weight excluding hydrogens is 328 g/mol. The third kappa shape index (κ3) is 2.54. The zero-order valence-corrected chi connectivity index (χ0v) is 12.1. The Bertz CT molecular complexity index is 719. The Morgan fingerprint density at radius 1 is 1.05 bits per heavy atom. The Labute approximate surface area is 123 Å². The largest absolute Gasteiger partial charge is 0.458 e. The number of rotatable bonds is 2. The molecular formula is C15H10BrClO2. The minimum Gasteiger partial charge on any atom is -0.458 e. The third-order valence-corrected chi connectivity index (χ3v) is 3.70. The first-order valence-electron chi connectivity index (χ1n) is 5.76. The molecule has 0 spiro atoms. The van der Waals surface area contributed by atoms with Crippen molar-refractivity contribution in [2.75, 3.05) is 0 Å². The van der Waals surface area contributed by atoms with Gasteiger partial charge in [-0.1, -0.05) is 39.7 Å². The van der Waals surface area contributed by atoms with Gasteiger partial charge in [0.1, 0.15) is 17.4 Å². The summed E-state index contributed by atoms with van der Waals surface area (Å²) < 4.78 is 6.65. The van der Waals surface area contributed by atoms with Crippen molar-refractivity contribution < 1.29 is 9.52 Å². The van der Waals surface area contributed by atoms with Crippen LogP contribution in [0.3, 0.4) is 0 Å². The topological polar surface area (TPSA) is 33.4 Å². The van der Waals surface area contributed by atoms with Crippen molar-refractivity contribution in [1.82, 2.24) is 0 Å². The van der Waals surface area contributed by atoms with Gasteiger partial charge in [-0.3, -0.25) is 0 Å². The van der Waals surface area contributed by atoms with Crippen molar-refractivity contribution in [3.05, 3.63) is 69.3 Å². The van der Waals surface area contributed by atoms with Crippen molar-refractivity contribution >= 4 is 38.5 Å². The van der Waals surface area contributed by atoms with E-state index in [-0.39, 0.29) is 0 Å². The van der Waals surface area contributed by atoms with Crippen LogP contribution in [-0.2, 0) is 0 Å². The lowest BCUT2D eigenvalue weighted by Gasteiger charge is -2.07. The lowest BCUT2D eigenvalue weighted by molar-refractivity contribution is 0.192. The lowest BCUT2D eigenvalue weighted by atomic mass is 10.1. The Morgan fingerprint density at radius 3 is 2.53 bits per heavy atom. The van der Waals surface area contributed by atoms with Crippen LogP contribution in [0.15, 0.2) is 57.4 Å². The first-order valence-corrected chi connectivity index (χ1v) is 6.93. The second kappa shape index (κ2) is 5.00. The van der Waals surface area contributed by atoms with Gasteiger partial charge in [-0.15, -0.1) is 0 Å². The average molecular weight is 338 g/mol. The molecule has 96 valence electrons. The van der Waals surface area contributed by atoms with Crippen LogP contribution >= 0.6 is 27.5 Å². The van der Waals surface area contributed by atoms with Crippen LogP contribution in [0.5, 0.6) is 0 Å². The number of hydrogen-bond donors (Lipinski definition) is 1. The predicted molar refractivity (Wildman–Crippen MR) is 79.4 cm³/mol. The molecule has 1 heterocycles. The van der Waals surface area contributed by atoms with Gasteiger partial charge in [0.25, 0.3) is 0 Å². The van der Waals surface area contributed by atoms with Gasteiger partial charge in [-0.2, -0.15) is 0 Å². The fourth-order valence-corrected chi connectivity index (χ4v) is 2.48. The summed E-state index contributed by atoms with van der Waals surface area (Å²) in [5.41, 5.74) is 1.51. The summed E-state index contributed by atoms with van der Waals surface area (Å²) in [6.45, 7) is 0. The molecule has 1 unspecified atom stereocenters. The van der Waals surface area contributed by atoms with Crippen LogP contribution in [0, 0.1) is 0 Å². The minimum absolute atomic E-state index is 0.524. The maximum Gasteiger partial charge on any atom is 0.138 e. The van der Waals surface area contributed by atoms with E-state index in [0.717, 1.165) is 21.0 Å². The lowest BCUT2D eigenvalue weighted by Crippen LogP contribution is -1.97. The Morgan fingerprint density at radius 2 is 1.79 bits per heavy atom. The molecule has 3 rings (SSSR count). The molecule has 2 nitrogen and oxygen atoms in total. The summed E-state index contributed by atoms with van der Waals surface area (Å²) in [4.78, 5) is 0. The minimum atomic E-state index is -0.788. The number of furan rings is 1. The zero-order chi connectivity index (χ0) is 13.4. The Balaban J connectivity index is 2.01. The van der Waals surface area contributed by atoms with Gasteiger partial charge in [0.05, 0.1) is 0 Å². The van der Waals surface area contributed by atoms with E-state index in [1.165, 1.54) is 0 Å². The summed E-state index contributed by atoms with van der Waals surface area (Å²) in [7, 11) is 0.